The molecule has 0 amide bonds. The lowest BCUT2D eigenvalue weighted by atomic mass is 9.79. The molecule has 100 valence electrons. The molecule has 1 aliphatic rings. The molecule has 0 aromatic heterocycles. The molecular formula is C17H26O. The van der Waals surface area contributed by atoms with Crippen LogP contribution < -0.4 is 4.74 Å². The summed E-state index contributed by atoms with van der Waals surface area (Å²) in [6.07, 6.45) is 9.76. The molecule has 0 saturated heterocycles. The highest BCUT2D eigenvalue weighted by Gasteiger charge is 2.20. The number of ether oxygens (including phenoxy) is 1. The minimum Gasteiger partial charge on any atom is -0.494 e. The molecule has 0 radical (unpaired) electrons. The lowest BCUT2D eigenvalue weighted by Gasteiger charge is -2.28. The van der Waals surface area contributed by atoms with Gasteiger partial charge in [0.1, 0.15) is 5.75 Å². The summed E-state index contributed by atoms with van der Waals surface area (Å²) in [4.78, 5) is 0. The highest BCUT2D eigenvalue weighted by Crippen LogP contribution is 2.33. The molecule has 1 aromatic carbocycles. The minimum absolute atomic E-state index is 0.882. The SMILES string of the molecule is CCC[C@H]1CC[C@H](CCOc2ccccc2)CC1. The van der Waals surface area contributed by atoms with Crippen LogP contribution in [0.4, 0.5) is 0 Å². The van der Waals surface area contributed by atoms with E-state index in [-0.39, 0.29) is 0 Å². The van der Waals surface area contributed by atoms with E-state index in [1.54, 1.807) is 0 Å². The fourth-order valence-electron chi connectivity index (χ4n) is 3.08. The fourth-order valence-corrected chi connectivity index (χ4v) is 3.08. The van der Waals surface area contributed by atoms with Gasteiger partial charge in [-0.1, -0.05) is 63.6 Å². The first-order valence-electron chi connectivity index (χ1n) is 7.56. The van der Waals surface area contributed by atoms with Gasteiger partial charge in [-0.25, -0.2) is 0 Å². The van der Waals surface area contributed by atoms with Crippen molar-refractivity contribution in [2.24, 2.45) is 11.8 Å². The summed E-state index contributed by atoms with van der Waals surface area (Å²) in [5.74, 6) is 2.93. The van der Waals surface area contributed by atoms with Gasteiger partial charge in [0.25, 0.3) is 0 Å². The van der Waals surface area contributed by atoms with E-state index >= 15 is 0 Å². The number of benzene rings is 1. The molecule has 1 heteroatoms. The van der Waals surface area contributed by atoms with Crippen LogP contribution in [0.3, 0.4) is 0 Å². The first-order valence-corrected chi connectivity index (χ1v) is 7.56. The first-order chi connectivity index (χ1) is 8.88. The largest absolute Gasteiger partial charge is 0.494 e. The molecule has 0 unspecified atom stereocenters. The molecule has 1 saturated carbocycles. The van der Waals surface area contributed by atoms with E-state index in [1.807, 2.05) is 30.3 Å². The van der Waals surface area contributed by atoms with Crippen LogP contribution in [0, 0.1) is 11.8 Å². The van der Waals surface area contributed by atoms with Crippen molar-refractivity contribution in [3.05, 3.63) is 30.3 Å². The molecule has 0 bridgehead atoms. The molecule has 0 N–H and O–H groups in total. The van der Waals surface area contributed by atoms with Gasteiger partial charge in [-0.05, 0) is 30.4 Å². The highest BCUT2D eigenvalue weighted by atomic mass is 16.5. The molecule has 2 rings (SSSR count). The predicted octanol–water partition coefficient (Wildman–Crippen LogP) is 5.06. The minimum atomic E-state index is 0.882. The van der Waals surface area contributed by atoms with E-state index in [2.05, 4.69) is 6.92 Å². The molecule has 0 atom stereocenters. The normalized spacial score (nSPS) is 23.8. The fraction of sp³-hybridized carbons (Fsp3) is 0.647. The summed E-state index contributed by atoms with van der Waals surface area (Å²) in [5, 5.41) is 0. The van der Waals surface area contributed by atoms with Crippen LogP contribution in [0.25, 0.3) is 0 Å². The van der Waals surface area contributed by atoms with E-state index in [0.717, 1.165) is 24.2 Å². The Labute approximate surface area is 112 Å². The Morgan fingerprint density at radius 3 is 2.17 bits per heavy atom. The second kappa shape index (κ2) is 7.45. The van der Waals surface area contributed by atoms with Gasteiger partial charge < -0.3 is 4.74 Å². The lowest BCUT2D eigenvalue weighted by molar-refractivity contribution is 0.212. The van der Waals surface area contributed by atoms with Gasteiger partial charge in [0, 0.05) is 0 Å². The smallest absolute Gasteiger partial charge is 0.119 e. The Kier molecular flexibility index (Phi) is 5.57. The molecule has 0 aliphatic heterocycles. The van der Waals surface area contributed by atoms with Crippen LogP contribution in [-0.2, 0) is 0 Å². The Hall–Kier alpha value is -0.980. The van der Waals surface area contributed by atoms with E-state index in [9.17, 15) is 0 Å². The molecule has 1 aromatic rings. The Morgan fingerprint density at radius 1 is 0.944 bits per heavy atom. The molecule has 1 aliphatic carbocycles. The maximum Gasteiger partial charge on any atom is 0.119 e. The van der Waals surface area contributed by atoms with Gasteiger partial charge in [-0.15, -0.1) is 0 Å². The van der Waals surface area contributed by atoms with Crippen molar-refractivity contribution in [3.63, 3.8) is 0 Å². The third kappa shape index (κ3) is 4.36. The van der Waals surface area contributed by atoms with Gasteiger partial charge in [-0.3, -0.25) is 0 Å². The number of hydrogen-bond acceptors (Lipinski definition) is 1. The van der Waals surface area contributed by atoms with Gasteiger partial charge >= 0.3 is 0 Å². The average Bonchev–Trinajstić information content (AvgIpc) is 2.42. The highest BCUT2D eigenvalue weighted by molar-refractivity contribution is 5.20. The summed E-state index contributed by atoms with van der Waals surface area (Å²) in [7, 11) is 0. The first kappa shape index (κ1) is 13.5. The monoisotopic (exact) mass is 246 g/mol. The standard InChI is InChI=1S/C17H26O/c1-2-6-15-9-11-16(12-10-15)13-14-18-17-7-4-3-5-8-17/h3-5,7-8,15-16H,2,6,9-14H2,1H3/t15-,16-. The zero-order valence-electron chi connectivity index (χ0n) is 11.6. The van der Waals surface area contributed by atoms with E-state index in [0.29, 0.717) is 0 Å². The molecule has 18 heavy (non-hydrogen) atoms. The van der Waals surface area contributed by atoms with Crippen LogP contribution in [-0.4, -0.2) is 6.61 Å². The maximum atomic E-state index is 5.78. The van der Waals surface area contributed by atoms with E-state index in [4.69, 9.17) is 4.74 Å². The Balaban J connectivity index is 1.61. The summed E-state index contributed by atoms with van der Waals surface area (Å²) in [6.45, 7) is 3.19. The molecule has 0 spiro atoms. The second-order valence-electron chi connectivity index (χ2n) is 5.63. The molecule has 0 heterocycles. The van der Waals surface area contributed by atoms with Crippen molar-refractivity contribution in [1.29, 1.82) is 0 Å². The molecular weight excluding hydrogens is 220 g/mol. The van der Waals surface area contributed by atoms with Crippen LogP contribution in [0.5, 0.6) is 5.75 Å². The number of para-hydroxylation sites is 1. The third-order valence-corrected chi connectivity index (χ3v) is 4.20. The zero-order chi connectivity index (χ0) is 12.6. The average molecular weight is 246 g/mol. The third-order valence-electron chi connectivity index (χ3n) is 4.20. The van der Waals surface area contributed by atoms with Crippen molar-refractivity contribution in [1.82, 2.24) is 0 Å². The Morgan fingerprint density at radius 2 is 1.56 bits per heavy atom. The summed E-state index contributed by atoms with van der Waals surface area (Å²) in [6, 6.07) is 10.2. The van der Waals surface area contributed by atoms with Crippen molar-refractivity contribution in [2.75, 3.05) is 6.61 Å². The van der Waals surface area contributed by atoms with Gasteiger partial charge in [0.15, 0.2) is 0 Å². The maximum absolute atomic E-state index is 5.78. The number of rotatable bonds is 6. The van der Waals surface area contributed by atoms with Gasteiger partial charge in [0.05, 0.1) is 6.61 Å². The van der Waals surface area contributed by atoms with Gasteiger partial charge in [0.2, 0.25) is 0 Å². The zero-order valence-corrected chi connectivity index (χ0v) is 11.6. The summed E-state index contributed by atoms with van der Waals surface area (Å²) < 4.78 is 5.78. The van der Waals surface area contributed by atoms with Crippen LogP contribution in [0.1, 0.15) is 51.9 Å². The quantitative estimate of drug-likeness (QED) is 0.681. The molecule has 1 nitrogen and oxygen atoms in total. The summed E-state index contributed by atoms with van der Waals surface area (Å²) in [5.41, 5.74) is 0. The van der Waals surface area contributed by atoms with Crippen molar-refractivity contribution in [2.45, 2.75) is 51.9 Å². The summed E-state index contributed by atoms with van der Waals surface area (Å²) >= 11 is 0. The van der Waals surface area contributed by atoms with Crippen LogP contribution in [0.2, 0.25) is 0 Å². The van der Waals surface area contributed by atoms with Crippen LogP contribution in [0.15, 0.2) is 30.3 Å². The van der Waals surface area contributed by atoms with E-state index in [1.165, 1.54) is 44.9 Å². The predicted molar refractivity (Wildman–Crippen MR) is 76.9 cm³/mol. The van der Waals surface area contributed by atoms with Crippen molar-refractivity contribution in [3.8, 4) is 5.75 Å². The Bertz CT molecular complexity index is 312. The van der Waals surface area contributed by atoms with Crippen molar-refractivity contribution >= 4 is 0 Å². The topological polar surface area (TPSA) is 9.23 Å². The van der Waals surface area contributed by atoms with E-state index < -0.39 is 0 Å². The van der Waals surface area contributed by atoms with Crippen LogP contribution >= 0.6 is 0 Å². The van der Waals surface area contributed by atoms with Crippen molar-refractivity contribution < 1.29 is 4.74 Å². The molecule has 1 fully saturated rings. The van der Waals surface area contributed by atoms with Gasteiger partial charge in [-0.2, -0.15) is 0 Å². The lowest BCUT2D eigenvalue weighted by Crippen LogP contribution is -2.16. The second-order valence-corrected chi connectivity index (χ2v) is 5.63. The number of hydrogen-bond donors (Lipinski definition) is 0.